The van der Waals surface area contributed by atoms with Crippen LogP contribution >= 0.6 is 0 Å². The van der Waals surface area contributed by atoms with Gasteiger partial charge in [-0.15, -0.1) is 0 Å². The van der Waals surface area contributed by atoms with Crippen LogP contribution in [-0.2, 0) is 28.8 Å². The van der Waals surface area contributed by atoms with Gasteiger partial charge in [0.25, 0.3) is 0 Å². The molecule has 0 spiro atoms. The Bertz CT molecular complexity index is 561. The van der Waals surface area contributed by atoms with Crippen molar-refractivity contribution in [3.63, 3.8) is 0 Å². The van der Waals surface area contributed by atoms with Crippen LogP contribution in [-0.4, -0.2) is 39.8 Å². The molecular weight excluding hydrogens is 334 g/mol. The lowest BCUT2D eigenvalue weighted by molar-refractivity contribution is -0.163. The predicted molar refractivity (Wildman–Crippen MR) is 88.2 cm³/mol. The van der Waals surface area contributed by atoms with Crippen LogP contribution in [0.4, 0.5) is 0 Å². The lowest BCUT2D eigenvalue weighted by Gasteiger charge is -2.30. The van der Waals surface area contributed by atoms with Crippen molar-refractivity contribution in [1.82, 2.24) is 0 Å². The van der Waals surface area contributed by atoms with Crippen LogP contribution in [0.1, 0.15) is 52.9 Å². The molecule has 2 saturated heterocycles. The molecule has 3 rings (SSSR count). The van der Waals surface area contributed by atoms with Crippen molar-refractivity contribution in [3.05, 3.63) is 0 Å². The zero-order valence-corrected chi connectivity index (χ0v) is 15.7. The van der Waals surface area contributed by atoms with E-state index in [1.807, 2.05) is 20.8 Å². The molecule has 7 nitrogen and oxygen atoms in total. The monoisotopic (exact) mass is 363 g/mol. The molecule has 0 aromatic carbocycles. The van der Waals surface area contributed by atoms with Gasteiger partial charge in [0.15, 0.2) is 0 Å². The first-order valence-corrected chi connectivity index (χ1v) is 10.0. The van der Waals surface area contributed by atoms with Crippen LogP contribution in [0.25, 0.3) is 0 Å². The lowest BCUT2D eigenvalue weighted by Crippen LogP contribution is -2.39. The minimum absolute atomic E-state index is 0.0210. The Morgan fingerprint density at radius 1 is 1.29 bits per heavy atom. The molecule has 0 amide bonds. The molecule has 1 saturated carbocycles. The van der Waals surface area contributed by atoms with E-state index in [0.29, 0.717) is 12.0 Å². The fraction of sp³-hybridized carbons (Fsp3) is 0.938. The topological polar surface area (TPSA) is 105 Å². The number of esters is 1. The maximum Gasteiger partial charge on any atom is 0.333 e. The molecule has 2 aliphatic heterocycles. The molecule has 0 aromatic rings. The first-order valence-electron chi connectivity index (χ1n) is 8.54. The number of carbonyl (C=O) groups excluding carboxylic acids is 1. The Balaban J connectivity index is 0.000000301. The van der Waals surface area contributed by atoms with Crippen LogP contribution < -0.4 is 5.14 Å². The third kappa shape index (κ3) is 4.28. The summed E-state index contributed by atoms with van der Waals surface area (Å²) in [5, 5.41) is 4.28. The van der Waals surface area contributed by atoms with Crippen LogP contribution in [0.5, 0.6) is 0 Å². The van der Waals surface area contributed by atoms with Gasteiger partial charge in [-0.3, -0.25) is 8.98 Å². The molecule has 3 fully saturated rings. The van der Waals surface area contributed by atoms with E-state index in [9.17, 15) is 13.2 Å². The van der Waals surface area contributed by atoms with Gasteiger partial charge in [-0.2, -0.15) is 8.42 Å². The third-order valence-electron chi connectivity index (χ3n) is 5.61. The molecule has 3 aliphatic rings. The Hall–Kier alpha value is -0.700. The normalized spacial score (nSPS) is 34.5. The first kappa shape index (κ1) is 19.6. The highest BCUT2D eigenvalue weighted by Crippen LogP contribution is 2.52. The summed E-state index contributed by atoms with van der Waals surface area (Å²) >= 11 is 0. The zero-order chi connectivity index (χ0) is 18.1. The smallest absolute Gasteiger partial charge is 0.333 e. The Labute approximate surface area is 144 Å². The second-order valence-electron chi connectivity index (χ2n) is 7.47. The highest BCUT2D eigenvalue weighted by molar-refractivity contribution is 7.84. The lowest BCUT2D eigenvalue weighted by atomic mass is 9.80. The summed E-state index contributed by atoms with van der Waals surface area (Å²) < 4.78 is 34.6. The number of hydrogen-bond donors (Lipinski definition) is 1. The Kier molecular flexibility index (Phi) is 5.95. The van der Waals surface area contributed by atoms with E-state index in [1.165, 1.54) is 19.3 Å². The van der Waals surface area contributed by atoms with Gasteiger partial charge in [0, 0.05) is 6.42 Å². The maximum atomic E-state index is 12.1. The summed E-state index contributed by atoms with van der Waals surface area (Å²) in [5.74, 6) is 1.36. The molecule has 8 heteroatoms. The third-order valence-corrected chi connectivity index (χ3v) is 6.08. The number of hydrogen-bond acceptors (Lipinski definition) is 6. The molecule has 5 unspecified atom stereocenters. The highest BCUT2D eigenvalue weighted by atomic mass is 32.2. The summed E-state index contributed by atoms with van der Waals surface area (Å²) in [4.78, 5) is 12.1. The first-order chi connectivity index (χ1) is 11.1. The summed E-state index contributed by atoms with van der Waals surface area (Å²) in [6, 6.07) is 0. The van der Waals surface area contributed by atoms with Crippen LogP contribution in [0.3, 0.4) is 0 Å². The molecule has 2 N–H and O–H groups in total. The van der Waals surface area contributed by atoms with Crippen molar-refractivity contribution in [1.29, 1.82) is 0 Å². The van der Waals surface area contributed by atoms with Gasteiger partial charge in [-0.1, -0.05) is 13.3 Å². The van der Waals surface area contributed by atoms with Gasteiger partial charge in [0.2, 0.25) is 0 Å². The van der Waals surface area contributed by atoms with Gasteiger partial charge in [0.05, 0.1) is 24.7 Å². The quantitative estimate of drug-likeness (QED) is 0.763. The van der Waals surface area contributed by atoms with Crippen molar-refractivity contribution in [2.45, 2.75) is 71.2 Å². The van der Waals surface area contributed by atoms with Gasteiger partial charge in [0.1, 0.15) is 6.10 Å². The van der Waals surface area contributed by atoms with Crippen LogP contribution in [0.15, 0.2) is 0 Å². The molecule has 140 valence electrons. The van der Waals surface area contributed by atoms with Gasteiger partial charge in [-0.25, -0.2) is 5.14 Å². The van der Waals surface area contributed by atoms with E-state index in [1.54, 1.807) is 0 Å². The Morgan fingerprint density at radius 2 is 1.88 bits per heavy atom. The van der Waals surface area contributed by atoms with E-state index in [0.717, 1.165) is 25.9 Å². The summed E-state index contributed by atoms with van der Waals surface area (Å²) in [7, 11) is -2.67. The van der Waals surface area contributed by atoms with Crippen LogP contribution in [0.2, 0.25) is 0 Å². The molecule has 24 heavy (non-hydrogen) atoms. The fourth-order valence-electron chi connectivity index (χ4n) is 3.80. The number of nitrogens with two attached hydrogens (primary N) is 1. The molecule has 0 radical (unpaired) electrons. The van der Waals surface area contributed by atoms with Crippen LogP contribution in [0, 0.1) is 17.3 Å². The van der Waals surface area contributed by atoms with Crippen molar-refractivity contribution < 1.29 is 26.9 Å². The second kappa shape index (κ2) is 7.27. The van der Waals surface area contributed by atoms with E-state index in [2.05, 4.69) is 9.32 Å². The number of ether oxygens (including phenoxy) is 2. The molecular formula is C16H29NO6S. The van der Waals surface area contributed by atoms with E-state index < -0.39 is 10.3 Å². The molecule has 2 bridgehead atoms. The summed E-state index contributed by atoms with van der Waals surface area (Å²) in [5.41, 5.74) is -0.364. The number of rotatable bonds is 4. The zero-order valence-electron chi connectivity index (χ0n) is 14.9. The van der Waals surface area contributed by atoms with Crippen molar-refractivity contribution in [2.75, 3.05) is 7.11 Å². The predicted octanol–water partition coefficient (Wildman–Crippen LogP) is 1.76. The van der Waals surface area contributed by atoms with Gasteiger partial charge in [-0.05, 0) is 44.9 Å². The average molecular weight is 363 g/mol. The van der Waals surface area contributed by atoms with E-state index >= 15 is 0 Å². The average Bonchev–Trinajstić information content (AvgIpc) is 3.19. The largest absolute Gasteiger partial charge is 0.459 e. The van der Waals surface area contributed by atoms with Crippen molar-refractivity contribution in [2.24, 2.45) is 22.4 Å². The number of fused-ring (bicyclic) bond motifs is 5. The standard InChI is InChI=1S/C15H24O3.CH5NO3S/c1-4-15(2,3)14(16)18-12-8-11-9-6-5-7-10(9)13(12)17-11;1-5-6(2,3)4/h9-13H,4-8H2,1-3H3;1H3,(H2,2,3,4). The SMILES string of the molecule is CCC(C)(C)C(=O)OC1CC2OC1C1CCCC21.COS(N)(=O)=O. The molecule has 5 atom stereocenters. The minimum Gasteiger partial charge on any atom is -0.459 e. The van der Waals surface area contributed by atoms with E-state index in [4.69, 9.17) is 9.47 Å². The maximum absolute atomic E-state index is 12.1. The summed E-state index contributed by atoms with van der Waals surface area (Å²) in [6.07, 6.45) is 6.23. The van der Waals surface area contributed by atoms with Crippen molar-refractivity contribution in [3.8, 4) is 0 Å². The molecule has 2 heterocycles. The summed E-state index contributed by atoms with van der Waals surface area (Å²) in [6.45, 7) is 5.95. The van der Waals surface area contributed by atoms with Crippen molar-refractivity contribution >= 4 is 16.3 Å². The minimum atomic E-state index is -3.66. The second-order valence-corrected chi connectivity index (χ2v) is 8.79. The van der Waals surface area contributed by atoms with E-state index in [-0.39, 0.29) is 23.6 Å². The highest BCUT2D eigenvalue weighted by Gasteiger charge is 2.57. The molecule has 0 aromatic heterocycles. The Morgan fingerprint density at radius 3 is 2.42 bits per heavy atom. The molecule has 1 aliphatic carbocycles. The van der Waals surface area contributed by atoms with Gasteiger partial charge >= 0.3 is 16.3 Å². The number of carbonyl (C=O) groups is 1. The van der Waals surface area contributed by atoms with Gasteiger partial charge < -0.3 is 9.47 Å². The fourth-order valence-corrected chi connectivity index (χ4v) is 3.80.